The number of rotatable bonds is 10. The van der Waals surface area contributed by atoms with Crippen LogP contribution < -0.4 is 14.8 Å². The second-order valence-electron chi connectivity index (χ2n) is 5.44. The molecule has 0 aliphatic carbocycles. The fraction of sp³-hybridized carbons (Fsp3) is 0.278. The van der Waals surface area contributed by atoms with E-state index in [1.807, 2.05) is 30.3 Å². The number of benzene rings is 2. The van der Waals surface area contributed by atoms with Crippen molar-refractivity contribution in [2.75, 3.05) is 19.7 Å². The predicted molar refractivity (Wildman–Crippen MR) is 101 cm³/mol. The van der Waals surface area contributed by atoms with Crippen molar-refractivity contribution >= 4 is 27.5 Å². The number of carbonyl (C=O) groups is 1. The summed E-state index contributed by atoms with van der Waals surface area (Å²) < 4.78 is 32.1. The molecule has 0 saturated heterocycles. The summed E-state index contributed by atoms with van der Waals surface area (Å²) in [5.41, 5.74) is 0. The largest absolute Gasteiger partial charge is 0.494 e. The molecule has 140 valence electrons. The van der Waals surface area contributed by atoms with Crippen LogP contribution in [0.3, 0.4) is 0 Å². The first-order valence-corrected chi connectivity index (χ1v) is 10.0. The molecule has 2 N–H and O–H groups in total. The molecule has 1 amide bonds. The van der Waals surface area contributed by atoms with Gasteiger partial charge in [0.05, 0.1) is 11.6 Å². The van der Waals surface area contributed by atoms with Crippen LogP contribution in [0.25, 0.3) is 0 Å². The Morgan fingerprint density at radius 1 is 1.00 bits per heavy atom. The average molecular weight is 397 g/mol. The first kappa shape index (κ1) is 20.2. The summed E-state index contributed by atoms with van der Waals surface area (Å²) in [4.78, 5) is 11.8. The molecule has 6 nitrogen and oxygen atoms in total. The number of carbonyl (C=O) groups excluding carboxylic acids is 1. The molecule has 0 aliphatic rings. The minimum Gasteiger partial charge on any atom is -0.494 e. The Morgan fingerprint density at radius 2 is 1.69 bits per heavy atom. The highest BCUT2D eigenvalue weighted by Crippen LogP contribution is 2.19. The van der Waals surface area contributed by atoms with Crippen LogP contribution in [-0.2, 0) is 14.8 Å². The molecule has 8 heteroatoms. The molecular formula is C18H21ClN2O4S. The molecule has 0 heterocycles. The Bertz CT molecular complexity index is 813. The van der Waals surface area contributed by atoms with Crippen molar-refractivity contribution in [2.45, 2.75) is 17.7 Å². The van der Waals surface area contributed by atoms with Gasteiger partial charge in [-0.25, -0.2) is 13.1 Å². The molecule has 0 bridgehead atoms. The van der Waals surface area contributed by atoms with Crippen LogP contribution in [-0.4, -0.2) is 34.0 Å². The summed E-state index contributed by atoms with van der Waals surface area (Å²) in [7, 11) is -3.73. The maximum atomic E-state index is 12.1. The van der Waals surface area contributed by atoms with E-state index in [1.165, 1.54) is 12.1 Å². The number of hydrogen-bond acceptors (Lipinski definition) is 4. The van der Waals surface area contributed by atoms with E-state index in [0.717, 1.165) is 5.75 Å². The van der Waals surface area contributed by atoms with Crippen molar-refractivity contribution in [3.63, 3.8) is 0 Å². The smallest absolute Gasteiger partial charge is 0.242 e. The fourth-order valence-electron chi connectivity index (χ4n) is 2.13. The third-order valence-corrected chi connectivity index (χ3v) is 5.39. The first-order chi connectivity index (χ1) is 12.5. The van der Waals surface area contributed by atoms with Crippen LogP contribution in [0.2, 0.25) is 5.02 Å². The average Bonchev–Trinajstić information content (AvgIpc) is 2.62. The molecule has 0 atom stereocenters. The Balaban J connectivity index is 1.62. The van der Waals surface area contributed by atoms with E-state index in [4.69, 9.17) is 16.3 Å². The van der Waals surface area contributed by atoms with E-state index in [9.17, 15) is 13.2 Å². The molecule has 2 rings (SSSR count). The van der Waals surface area contributed by atoms with Gasteiger partial charge in [-0.05, 0) is 30.7 Å². The topological polar surface area (TPSA) is 84.5 Å². The molecule has 0 radical (unpaired) electrons. The summed E-state index contributed by atoms with van der Waals surface area (Å²) in [6, 6.07) is 15.6. The van der Waals surface area contributed by atoms with Crippen LogP contribution in [0.1, 0.15) is 12.8 Å². The van der Waals surface area contributed by atoms with Crippen LogP contribution in [0.4, 0.5) is 0 Å². The lowest BCUT2D eigenvalue weighted by molar-refractivity contribution is -0.120. The quantitative estimate of drug-likeness (QED) is 0.604. The number of amides is 1. The normalized spacial score (nSPS) is 11.1. The highest BCUT2D eigenvalue weighted by molar-refractivity contribution is 7.89. The van der Waals surface area contributed by atoms with Gasteiger partial charge in [0, 0.05) is 19.5 Å². The zero-order chi connectivity index (χ0) is 18.8. The summed E-state index contributed by atoms with van der Waals surface area (Å²) in [6.45, 7) is 0.951. The van der Waals surface area contributed by atoms with E-state index in [0.29, 0.717) is 19.6 Å². The van der Waals surface area contributed by atoms with Gasteiger partial charge in [0.25, 0.3) is 0 Å². The van der Waals surface area contributed by atoms with Gasteiger partial charge in [-0.1, -0.05) is 41.9 Å². The lowest BCUT2D eigenvalue weighted by Gasteiger charge is -2.09. The molecule has 2 aromatic rings. The molecule has 0 spiro atoms. The van der Waals surface area contributed by atoms with Crippen LogP contribution >= 0.6 is 11.6 Å². The number of sulfonamides is 1. The van der Waals surface area contributed by atoms with Crippen LogP contribution in [0.15, 0.2) is 59.5 Å². The Hall–Kier alpha value is -2.09. The molecule has 0 unspecified atom stereocenters. The van der Waals surface area contributed by atoms with E-state index in [2.05, 4.69) is 10.0 Å². The monoisotopic (exact) mass is 396 g/mol. The van der Waals surface area contributed by atoms with E-state index in [-0.39, 0.29) is 28.8 Å². The Kier molecular flexibility index (Phi) is 7.90. The minimum atomic E-state index is -3.73. The van der Waals surface area contributed by atoms with Crippen LogP contribution in [0.5, 0.6) is 5.75 Å². The van der Waals surface area contributed by atoms with Gasteiger partial charge < -0.3 is 10.1 Å². The van der Waals surface area contributed by atoms with Gasteiger partial charge in [-0.3, -0.25) is 4.79 Å². The van der Waals surface area contributed by atoms with Crippen molar-refractivity contribution in [1.29, 1.82) is 0 Å². The zero-order valence-electron chi connectivity index (χ0n) is 14.2. The fourth-order valence-corrected chi connectivity index (χ4v) is 3.68. The second kappa shape index (κ2) is 10.2. The summed E-state index contributed by atoms with van der Waals surface area (Å²) >= 11 is 5.88. The molecule has 26 heavy (non-hydrogen) atoms. The standard InChI is InChI=1S/C18H21ClN2O4S/c19-16-9-4-5-10-17(16)26(23,24)21-13-11-18(22)20-12-6-14-25-15-7-2-1-3-8-15/h1-5,7-10,21H,6,11-14H2,(H,20,22). The van der Waals surface area contributed by atoms with Gasteiger partial charge in [0.15, 0.2) is 0 Å². The van der Waals surface area contributed by atoms with Crippen molar-refractivity contribution in [1.82, 2.24) is 10.0 Å². The van der Waals surface area contributed by atoms with Crippen molar-refractivity contribution < 1.29 is 17.9 Å². The van der Waals surface area contributed by atoms with Crippen LogP contribution in [0, 0.1) is 0 Å². The van der Waals surface area contributed by atoms with Crippen molar-refractivity contribution in [2.24, 2.45) is 0 Å². The molecule has 0 fully saturated rings. The third kappa shape index (κ3) is 6.67. The highest BCUT2D eigenvalue weighted by atomic mass is 35.5. The molecule has 0 aromatic heterocycles. The number of para-hydroxylation sites is 1. The predicted octanol–water partition coefficient (Wildman–Crippen LogP) is 2.59. The number of hydrogen-bond donors (Lipinski definition) is 2. The van der Waals surface area contributed by atoms with Gasteiger partial charge in [0.1, 0.15) is 10.6 Å². The van der Waals surface area contributed by atoms with E-state index < -0.39 is 10.0 Å². The summed E-state index contributed by atoms with van der Waals surface area (Å²) in [5, 5.41) is 2.87. The van der Waals surface area contributed by atoms with Gasteiger partial charge in [-0.15, -0.1) is 0 Å². The van der Waals surface area contributed by atoms with Gasteiger partial charge >= 0.3 is 0 Å². The summed E-state index contributed by atoms with van der Waals surface area (Å²) in [6.07, 6.45) is 0.704. The van der Waals surface area contributed by atoms with Gasteiger partial charge in [0.2, 0.25) is 15.9 Å². The summed E-state index contributed by atoms with van der Waals surface area (Å²) in [5.74, 6) is 0.555. The number of ether oxygens (including phenoxy) is 1. The molecule has 0 saturated carbocycles. The zero-order valence-corrected chi connectivity index (χ0v) is 15.7. The molecule has 0 aliphatic heterocycles. The maximum Gasteiger partial charge on any atom is 0.242 e. The lowest BCUT2D eigenvalue weighted by Crippen LogP contribution is -2.31. The molecule has 2 aromatic carbocycles. The number of nitrogens with one attached hydrogen (secondary N) is 2. The van der Waals surface area contributed by atoms with Crippen molar-refractivity contribution in [3.05, 3.63) is 59.6 Å². The third-order valence-electron chi connectivity index (χ3n) is 3.43. The van der Waals surface area contributed by atoms with Gasteiger partial charge in [-0.2, -0.15) is 0 Å². The molecular weight excluding hydrogens is 376 g/mol. The van der Waals surface area contributed by atoms with Crippen molar-refractivity contribution in [3.8, 4) is 5.75 Å². The number of halogens is 1. The van der Waals surface area contributed by atoms with E-state index in [1.54, 1.807) is 12.1 Å². The SMILES string of the molecule is O=C(CCNS(=O)(=O)c1ccccc1Cl)NCCCOc1ccccc1. The highest BCUT2D eigenvalue weighted by Gasteiger charge is 2.17. The lowest BCUT2D eigenvalue weighted by atomic mass is 10.3. The Labute approximate surface area is 158 Å². The Morgan fingerprint density at radius 3 is 2.42 bits per heavy atom. The maximum absolute atomic E-state index is 12.1. The first-order valence-electron chi connectivity index (χ1n) is 8.18. The van der Waals surface area contributed by atoms with E-state index >= 15 is 0 Å². The minimum absolute atomic E-state index is 0.0000941. The second-order valence-corrected chi connectivity index (χ2v) is 7.59.